The molecule has 1 fully saturated rings. The summed E-state index contributed by atoms with van der Waals surface area (Å²) in [7, 11) is 1.71. The van der Waals surface area contributed by atoms with Gasteiger partial charge in [-0.3, -0.25) is 0 Å². The van der Waals surface area contributed by atoms with Gasteiger partial charge in [0.25, 0.3) is 0 Å². The summed E-state index contributed by atoms with van der Waals surface area (Å²) in [5, 5.41) is 0. The molecule has 0 spiro atoms. The second-order valence-electron chi connectivity index (χ2n) is 4.63. The number of methoxy groups -OCH3 is 1. The van der Waals surface area contributed by atoms with Crippen molar-refractivity contribution < 1.29 is 4.74 Å². The van der Waals surface area contributed by atoms with Crippen molar-refractivity contribution in [3.05, 3.63) is 23.8 Å². The number of benzene rings is 1. The van der Waals surface area contributed by atoms with E-state index in [1.54, 1.807) is 7.11 Å². The van der Waals surface area contributed by atoms with E-state index >= 15 is 0 Å². The molecule has 1 heterocycles. The van der Waals surface area contributed by atoms with Crippen molar-refractivity contribution in [1.29, 1.82) is 0 Å². The summed E-state index contributed by atoms with van der Waals surface area (Å²) in [6.45, 7) is 4.23. The number of rotatable bonds is 3. The molecule has 0 radical (unpaired) electrons. The predicted molar refractivity (Wildman–Crippen MR) is 79.8 cm³/mol. The Hall–Kier alpha value is -0.870. The molecular formula is C14H22N2OS. The maximum atomic E-state index is 6.12. The van der Waals surface area contributed by atoms with Crippen LogP contribution in [0.25, 0.3) is 0 Å². The Labute approximate surface area is 114 Å². The molecule has 0 amide bonds. The van der Waals surface area contributed by atoms with E-state index in [0.29, 0.717) is 0 Å². The summed E-state index contributed by atoms with van der Waals surface area (Å²) in [6.07, 6.45) is 1.24. The molecule has 2 rings (SSSR count). The molecule has 1 aromatic carbocycles. The van der Waals surface area contributed by atoms with Crippen molar-refractivity contribution in [2.24, 2.45) is 5.73 Å². The van der Waals surface area contributed by atoms with Crippen LogP contribution in [-0.4, -0.2) is 31.7 Å². The van der Waals surface area contributed by atoms with Crippen LogP contribution in [0.5, 0.6) is 5.75 Å². The second kappa shape index (κ2) is 6.34. The first-order chi connectivity index (χ1) is 8.74. The number of nitrogens with zero attached hydrogens (tertiary/aromatic N) is 1. The lowest BCUT2D eigenvalue weighted by Gasteiger charge is -2.27. The molecule has 4 heteroatoms. The van der Waals surface area contributed by atoms with Gasteiger partial charge in [0, 0.05) is 36.1 Å². The second-order valence-corrected chi connectivity index (χ2v) is 5.86. The maximum absolute atomic E-state index is 6.12. The van der Waals surface area contributed by atoms with Gasteiger partial charge in [0.1, 0.15) is 5.75 Å². The van der Waals surface area contributed by atoms with Crippen molar-refractivity contribution in [2.75, 3.05) is 36.6 Å². The van der Waals surface area contributed by atoms with Crippen LogP contribution >= 0.6 is 11.8 Å². The van der Waals surface area contributed by atoms with E-state index in [1.165, 1.54) is 23.6 Å². The van der Waals surface area contributed by atoms with E-state index in [2.05, 4.69) is 17.0 Å². The molecule has 0 saturated carbocycles. The van der Waals surface area contributed by atoms with Gasteiger partial charge in [-0.05, 0) is 31.2 Å². The quantitative estimate of drug-likeness (QED) is 0.913. The largest absolute Gasteiger partial charge is 0.496 e. The zero-order valence-electron chi connectivity index (χ0n) is 11.2. The van der Waals surface area contributed by atoms with E-state index in [1.807, 2.05) is 24.8 Å². The number of thioether (sulfide) groups is 1. The zero-order chi connectivity index (χ0) is 13.0. The Morgan fingerprint density at radius 2 is 2.17 bits per heavy atom. The van der Waals surface area contributed by atoms with Crippen molar-refractivity contribution in [3.8, 4) is 5.75 Å². The van der Waals surface area contributed by atoms with Crippen molar-refractivity contribution in [3.63, 3.8) is 0 Å². The maximum Gasteiger partial charge on any atom is 0.125 e. The third-order valence-electron chi connectivity index (χ3n) is 3.28. The summed E-state index contributed by atoms with van der Waals surface area (Å²) in [5.41, 5.74) is 8.50. The number of ether oxygens (including phenoxy) is 1. The van der Waals surface area contributed by atoms with Crippen LogP contribution in [0.1, 0.15) is 24.9 Å². The average molecular weight is 266 g/mol. The highest BCUT2D eigenvalue weighted by atomic mass is 32.2. The molecule has 18 heavy (non-hydrogen) atoms. The Balaban J connectivity index is 2.35. The first-order valence-electron chi connectivity index (χ1n) is 6.49. The molecular weight excluding hydrogens is 244 g/mol. The molecule has 3 nitrogen and oxygen atoms in total. The summed E-state index contributed by atoms with van der Waals surface area (Å²) < 4.78 is 5.46. The summed E-state index contributed by atoms with van der Waals surface area (Å²) in [6, 6.07) is 6.20. The van der Waals surface area contributed by atoms with Crippen LogP contribution in [0.3, 0.4) is 0 Å². The zero-order valence-corrected chi connectivity index (χ0v) is 12.0. The third kappa shape index (κ3) is 2.93. The molecule has 0 aliphatic carbocycles. The number of anilines is 1. The van der Waals surface area contributed by atoms with Crippen LogP contribution in [0.2, 0.25) is 0 Å². The Morgan fingerprint density at radius 3 is 2.89 bits per heavy atom. The average Bonchev–Trinajstić information content (AvgIpc) is 2.66. The van der Waals surface area contributed by atoms with E-state index in [9.17, 15) is 0 Å². The lowest BCUT2D eigenvalue weighted by Crippen LogP contribution is -2.27. The van der Waals surface area contributed by atoms with Gasteiger partial charge in [0.15, 0.2) is 0 Å². The molecule has 2 N–H and O–H groups in total. The fraction of sp³-hybridized carbons (Fsp3) is 0.571. The highest BCUT2D eigenvalue weighted by Gasteiger charge is 2.18. The molecule has 1 aliphatic heterocycles. The monoisotopic (exact) mass is 266 g/mol. The van der Waals surface area contributed by atoms with Crippen molar-refractivity contribution in [1.82, 2.24) is 0 Å². The van der Waals surface area contributed by atoms with Gasteiger partial charge in [-0.1, -0.05) is 6.07 Å². The number of hydrogen-bond acceptors (Lipinski definition) is 4. The van der Waals surface area contributed by atoms with E-state index in [4.69, 9.17) is 10.5 Å². The van der Waals surface area contributed by atoms with Gasteiger partial charge in [0.2, 0.25) is 0 Å². The fourth-order valence-corrected chi connectivity index (χ4v) is 3.32. The van der Waals surface area contributed by atoms with Gasteiger partial charge in [-0.15, -0.1) is 0 Å². The SMILES string of the molecule is COc1cccc(N2CCCSCC2)c1[C@@H](C)N. The highest BCUT2D eigenvalue weighted by molar-refractivity contribution is 7.99. The molecule has 0 bridgehead atoms. The van der Waals surface area contributed by atoms with E-state index < -0.39 is 0 Å². The predicted octanol–water partition coefficient (Wildman–Crippen LogP) is 2.66. The molecule has 100 valence electrons. The van der Waals surface area contributed by atoms with Gasteiger partial charge >= 0.3 is 0 Å². The topological polar surface area (TPSA) is 38.5 Å². The van der Waals surface area contributed by atoms with E-state index in [-0.39, 0.29) is 6.04 Å². The minimum atomic E-state index is -0.00736. The highest BCUT2D eigenvalue weighted by Crippen LogP contribution is 2.34. The fourth-order valence-electron chi connectivity index (χ4n) is 2.43. The lowest BCUT2D eigenvalue weighted by atomic mass is 10.0. The minimum Gasteiger partial charge on any atom is -0.496 e. The van der Waals surface area contributed by atoms with Crippen LogP contribution in [0.4, 0.5) is 5.69 Å². The number of nitrogens with two attached hydrogens (primary N) is 1. The van der Waals surface area contributed by atoms with Crippen molar-refractivity contribution in [2.45, 2.75) is 19.4 Å². The Morgan fingerprint density at radius 1 is 1.33 bits per heavy atom. The number of hydrogen-bond donors (Lipinski definition) is 1. The van der Waals surface area contributed by atoms with Gasteiger partial charge in [-0.2, -0.15) is 11.8 Å². The van der Waals surface area contributed by atoms with Crippen LogP contribution in [-0.2, 0) is 0 Å². The van der Waals surface area contributed by atoms with Crippen LogP contribution < -0.4 is 15.4 Å². The third-order valence-corrected chi connectivity index (χ3v) is 4.33. The molecule has 0 unspecified atom stereocenters. The Kier molecular flexibility index (Phi) is 4.78. The Bertz CT molecular complexity index is 387. The first kappa shape index (κ1) is 13.6. The van der Waals surface area contributed by atoms with Gasteiger partial charge < -0.3 is 15.4 Å². The standard InChI is InChI=1S/C14H22N2OS/c1-11(15)14-12(5-3-6-13(14)17-2)16-7-4-9-18-10-8-16/h3,5-6,11H,4,7-10,15H2,1-2H3/t11-/m1/s1. The molecule has 1 aromatic rings. The minimum absolute atomic E-state index is 0.00736. The van der Waals surface area contributed by atoms with Gasteiger partial charge in [0.05, 0.1) is 7.11 Å². The van der Waals surface area contributed by atoms with Crippen LogP contribution in [0.15, 0.2) is 18.2 Å². The molecule has 0 aromatic heterocycles. The van der Waals surface area contributed by atoms with Gasteiger partial charge in [-0.25, -0.2) is 0 Å². The normalized spacial score (nSPS) is 18.3. The molecule has 1 atom stereocenters. The van der Waals surface area contributed by atoms with Crippen LogP contribution in [0, 0.1) is 0 Å². The summed E-state index contributed by atoms with van der Waals surface area (Å²) >= 11 is 2.03. The molecule has 1 aliphatic rings. The lowest BCUT2D eigenvalue weighted by molar-refractivity contribution is 0.407. The first-order valence-corrected chi connectivity index (χ1v) is 7.64. The van der Waals surface area contributed by atoms with E-state index in [0.717, 1.165) is 24.4 Å². The summed E-state index contributed by atoms with van der Waals surface area (Å²) in [5.74, 6) is 3.35. The smallest absolute Gasteiger partial charge is 0.125 e. The van der Waals surface area contributed by atoms with Crippen molar-refractivity contribution >= 4 is 17.4 Å². The molecule has 1 saturated heterocycles. The summed E-state index contributed by atoms with van der Waals surface area (Å²) in [4.78, 5) is 2.45.